The Morgan fingerprint density at radius 1 is 1.09 bits per heavy atom. The van der Waals surface area contributed by atoms with Gasteiger partial charge in [-0.3, -0.25) is 4.79 Å². The SMILES string of the molecule is CCCCN(C)S(=O)(=O)c1ccc(NCC(=O)N(c2ccccc2)C2CCS(=O)(=O)C2)cc1. The number of benzene rings is 2. The van der Waals surface area contributed by atoms with Gasteiger partial charge in [-0.05, 0) is 49.2 Å². The summed E-state index contributed by atoms with van der Waals surface area (Å²) in [6, 6.07) is 14.9. The van der Waals surface area contributed by atoms with Crippen molar-refractivity contribution < 1.29 is 21.6 Å². The van der Waals surface area contributed by atoms with Crippen molar-refractivity contribution in [3.05, 3.63) is 54.6 Å². The Kier molecular flexibility index (Phi) is 8.14. The van der Waals surface area contributed by atoms with Crippen LogP contribution in [0.4, 0.5) is 11.4 Å². The number of hydrogen-bond donors (Lipinski definition) is 1. The van der Waals surface area contributed by atoms with E-state index in [-0.39, 0.29) is 28.9 Å². The van der Waals surface area contributed by atoms with Gasteiger partial charge in [0.25, 0.3) is 0 Å². The molecule has 1 fully saturated rings. The van der Waals surface area contributed by atoms with Gasteiger partial charge in [-0.2, -0.15) is 0 Å². The van der Waals surface area contributed by atoms with Crippen molar-refractivity contribution >= 4 is 37.1 Å². The van der Waals surface area contributed by atoms with E-state index in [9.17, 15) is 21.6 Å². The van der Waals surface area contributed by atoms with Crippen molar-refractivity contribution in [3.8, 4) is 0 Å². The van der Waals surface area contributed by atoms with Crippen molar-refractivity contribution in [3.63, 3.8) is 0 Å². The number of nitrogens with zero attached hydrogens (tertiary/aromatic N) is 2. The highest BCUT2D eigenvalue weighted by atomic mass is 32.2. The number of amides is 1. The standard InChI is InChI=1S/C23H31N3O5S2/c1-3-4-15-25(2)33(30,31)22-12-10-19(11-13-22)24-17-23(27)26(20-8-6-5-7-9-20)21-14-16-32(28,29)18-21/h5-13,21,24H,3-4,14-18H2,1-2H3. The summed E-state index contributed by atoms with van der Waals surface area (Å²) in [5.74, 6) is -0.227. The van der Waals surface area contributed by atoms with Crippen LogP contribution in [-0.4, -0.2) is 64.7 Å². The number of para-hydroxylation sites is 1. The summed E-state index contributed by atoms with van der Waals surface area (Å²) in [6.07, 6.45) is 2.10. The molecule has 0 aliphatic carbocycles. The van der Waals surface area contributed by atoms with Gasteiger partial charge in [-0.25, -0.2) is 21.1 Å². The van der Waals surface area contributed by atoms with Crippen molar-refractivity contribution in [1.29, 1.82) is 0 Å². The molecule has 0 spiro atoms. The van der Waals surface area contributed by atoms with E-state index in [2.05, 4.69) is 5.32 Å². The minimum atomic E-state index is -3.56. The fraction of sp³-hybridized carbons (Fsp3) is 0.435. The lowest BCUT2D eigenvalue weighted by molar-refractivity contribution is -0.117. The second-order valence-electron chi connectivity index (χ2n) is 8.21. The first-order valence-corrected chi connectivity index (χ1v) is 14.3. The van der Waals surface area contributed by atoms with Crippen LogP contribution < -0.4 is 10.2 Å². The van der Waals surface area contributed by atoms with Gasteiger partial charge in [0.1, 0.15) is 0 Å². The Hall–Kier alpha value is -2.43. The van der Waals surface area contributed by atoms with Crippen LogP contribution in [0.25, 0.3) is 0 Å². The molecule has 1 unspecified atom stereocenters. The van der Waals surface area contributed by atoms with Crippen molar-refractivity contribution in [2.45, 2.75) is 37.1 Å². The predicted octanol–water partition coefficient (Wildman–Crippen LogP) is 2.74. The highest BCUT2D eigenvalue weighted by Gasteiger charge is 2.35. The summed E-state index contributed by atoms with van der Waals surface area (Å²) >= 11 is 0. The summed E-state index contributed by atoms with van der Waals surface area (Å²) in [5, 5.41) is 3.03. The molecule has 0 radical (unpaired) electrons. The first-order chi connectivity index (χ1) is 15.6. The minimum Gasteiger partial charge on any atom is -0.376 e. The monoisotopic (exact) mass is 493 g/mol. The van der Waals surface area contributed by atoms with E-state index in [1.807, 2.05) is 25.1 Å². The summed E-state index contributed by atoms with van der Waals surface area (Å²) in [4.78, 5) is 14.8. The first kappa shape index (κ1) is 25.2. The van der Waals surface area contributed by atoms with Crippen LogP contribution in [0, 0.1) is 0 Å². The smallest absolute Gasteiger partial charge is 0.246 e. The lowest BCUT2D eigenvalue weighted by Crippen LogP contribution is -2.44. The Labute approximate surface area is 196 Å². The topological polar surface area (TPSA) is 104 Å². The molecule has 0 bridgehead atoms. The van der Waals surface area contributed by atoms with Crippen LogP contribution in [0.3, 0.4) is 0 Å². The highest BCUT2D eigenvalue weighted by molar-refractivity contribution is 7.91. The molecule has 2 aromatic rings. The molecule has 1 saturated heterocycles. The molecule has 10 heteroatoms. The van der Waals surface area contributed by atoms with Gasteiger partial charge in [0.2, 0.25) is 15.9 Å². The van der Waals surface area contributed by atoms with Crippen molar-refractivity contribution in [2.24, 2.45) is 0 Å². The van der Waals surface area contributed by atoms with Crippen LogP contribution in [0.1, 0.15) is 26.2 Å². The quantitative estimate of drug-likeness (QED) is 0.546. The lowest BCUT2D eigenvalue weighted by Gasteiger charge is -2.28. The van der Waals surface area contributed by atoms with Crippen LogP contribution in [-0.2, 0) is 24.7 Å². The molecule has 2 aromatic carbocycles. The maximum Gasteiger partial charge on any atom is 0.246 e. The molecular formula is C23H31N3O5S2. The fourth-order valence-electron chi connectivity index (χ4n) is 3.81. The molecule has 8 nitrogen and oxygen atoms in total. The minimum absolute atomic E-state index is 0.0477. The zero-order valence-electron chi connectivity index (χ0n) is 19.0. The zero-order chi connectivity index (χ0) is 24.1. The largest absolute Gasteiger partial charge is 0.376 e. The van der Waals surface area contributed by atoms with E-state index in [0.717, 1.165) is 12.8 Å². The average Bonchev–Trinajstić information content (AvgIpc) is 3.16. The number of sulfone groups is 1. The third-order valence-electron chi connectivity index (χ3n) is 5.71. The normalized spacial score (nSPS) is 17.7. The average molecular weight is 494 g/mol. The number of carbonyl (C=O) groups excluding carboxylic acids is 1. The number of unbranched alkanes of at least 4 members (excludes halogenated alkanes) is 1. The molecular weight excluding hydrogens is 462 g/mol. The number of sulfonamides is 1. The number of hydrogen-bond acceptors (Lipinski definition) is 6. The van der Waals surface area contributed by atoms with Crippen LogP contribution in [0.5, 0.6) is 0 Å². The Balaban J connectivity index is 1.69. The van der Waals surface area contributed by atoms with E-state index in [1.54, 1.807) is 36.2 Å². The molecule has 180 valence electrons. The fourth-order valence-corrected chi connectivity index (χ4v) is 6.72. The maximum atomic E-state index is 13.1. The van der Waals surface area contributed by atoms with Crippen LogP contribution in [0.2, 0.25) is 0 Å². The second kappa shape index (κ2) is 10.7. The molecule has 1 aliphatic rings. The maximum absolute atomic E-state index is 13.1. The summed E-state index contributed by atoms with van der Waals surface area (Å²) in [5.41, 5.74) is 1.26. The molecule has 0 saturated carbocycles. The number of carbonyl (C=O) groups is 1. The van der Waals surface area contributed by atoms with Gasteiger partial charge in [0.05, 0.1) is 29.0 Å². The molecule has 1 heterocycles. The molecule has 1 N–H and O–H groups in total. The molecule has 1 aliphatic heterocycles. The summed E-state index contributed by atoms with van der Waals surface area (Å²) in [7, 11) is -5.15. The summed E-state index contributed by atoms with van der Waals surface area (Å²) < 4.78 is 50.6. The number of anilines is 2. The van der Waals surface area contributed by atoms with Crippen LogP contribution in [0.15, 0.2) is 59.5 Å². The van der Waals surface area contributed by atoms with Gasteiger partial charge in [-0.15, -0.1) is 0 Å². The Morgan fingerprint density at radius 2 is 1.76 bits per heavy atom. The number of rotatable bonds is 10. The second-order valence-corrected chi connectivity index (χ2v) is 12.5. The van der Waals surface area contributed by atoms with E-state index in [0.29, 0.717) is 24.3 Å². The first-order valence-electron chi connectivity index (χ1n) is 11.0. The third kappa shape index (κ3) is 6.33. The zero-order valence-corrected chi connectivity index (χ0v) is 20.6. The van der Waals surface area contributed by atoms with E-state index < -0.39 is 25.9 Å². The van der Waals surface area contributed by atoms with Gasteiger partial charge in [0.15, 0.2) is 9.84 Å². The van der Waals surface area contributed by atoms with Crippen molar-refractivity contribution in [2.75, 3.05) is 41.9 Å². The van der Waals surface area contributed by atoms with E-state index in [4.69, 9.17) is 0 Å². The molecule has 1 amide bonds. The van der Waals surface area contributed by atoms with Crippen LogP contribution >= 0.6 is 0 Å². The molecule has 33 heavy (non-hydrogen) atoms. The molecule has 1 atom stereocenters. The summed E-state index contributed by atoms with van der Waals surface area (Å²) in [6.45, 7) is 2.42. The molecule has 0 aromatic heterocycles. The lowest BCUT2D eigenvalue weighted by atomic mass is 10.1. The Morgan fingerprint density at radius 3 is 2.33 bits per heavy atom. The third-order valence-corrected chi connectivity index (χ3v) is 9.33. The van der Waals surface area contributed by atoms with E-state index in [1.165, 1.54) is 16.4 Å². The highest BCUT2D eigenvalue weighted by Crippen LogP contribution is 2.25. The van der Waals surface area contributed by atoms with E-state index >= 15 is 0 Å². The van der Waals surface area contributed by atoms with Crippen molar-refractivity contribution in [1.82, 2.24) is 4.31 Å². The van der Waals surface area contributed by atoms with Gasteiger partial charge < -0.3 is 10.2 Å². The van der Waals surface area contributed by atoms with Gasteiger partial charge in [0, 0.05) is 25.0 Å². The van der Waals surface area contributed by atoms with Gasteiger partial charge >= 0.3 is 0 Å². The predicted molar refractivity (Wildman–Crippen MR) is 131 cm³/mol. The number of nitrogens with one attached hydrogen (secondary N) is 1. The van der Waals surface area contributed by atoms with Gasteiger partial charge in [-0.1, -0.05) is 31.5 Å². The molecule has 3 rings (SSSR count). The Bertz CT molecular complexity index is 1150.